The van der Waals surface area contributed by atoms with E-state index < -0.39 is 5.92 Å². The standard InChI is InChI=1S/C11H19N5O2/c1-4-9(10(12)15-18)11(17)13-5-8-6-16(3)14-7(8)2/h6,9,18H,4-5H2,1-3H3,(H2,12,15)(H,13,17). The van der Waals surface area contributed by atoms with Crippen molar-refractivity contribution in [1.29, 1.82) is 0 Å². The van der Waals surface area contributed by atoms with Gasteiger partial charge in [-0.15, -0.1) is 0 Å². The van der Waals surface area contributed by atoms with Gasteiger partial charge in [-0.05, 0) is 13.3 Å². The van der Waals surface area contributed by atoms with Gasteiger partial charge in [0.15, 0.2) is 5.84 Å². The molecule has 1 aromatic heterocycles. The monoisotopic (exact) mass is 253 g/mol. The van der Waals surface area contributed by atoms with Crippen molar-refractivity contribution in [2.45, 2.75) is 26.8 Å². The second-order valence-electron chi connectivity index (χ2n) is 4.12. The predicted octanol–water partition coefficient (Wildman–Crippen LogP) is 0.117. The molecule has 1 amide bonds. The minimum atomic E-state index is -0.605. The Bertz CT molecular complexity index is 452. The molecule has 7 nitrogen and oxygen atoms in total. The third-order valence-corrected chi connectivity index (χ3v) is 2.77. The van der Waals surface area contributed by atoms with Gasteiger partial charge in [0.25, 0.3) is 0 Å². The van der Waals surface area contributed by atoms with E-state index in [0.29, 0.717) is 13.0 Å². The fourth-order valence-corrected chi connectivity index (χ4v) is 1.73. The molecule has 0 bridgehead atoms. The predicted molar refractivity (Wildman–Crippen MR) is 67.0 cm³/mol. The number of rotatable bonds is 5. The number of oxime groups is 1. The average molecular weight is 253 g/mol. The van der Waals surface area contributed by atoms with Gasteiger partial charge in [-0.2, -0.15) is 5.10 Å². The van der Waals surface area contributed by atoms with Crippen molar-refractivity contribution in [1.82, 2.24) is 15.1 Å². The van der Waals surface area contributed by atoms with Crippen LogP contribution in [0.2, 0.25) is 0 Å². The summed E-state index contributed by atoms with van der Waals surface area (Å²) in [5, 5.41) is 18.4. The highest BCUT2D eigenvalue weighted by atomic mass is 16.4. The van der Waals surface area contributed by atoms with Crippen LogP contribution >= 0.6 is 0 Å². The molecule has 1 aromatic rings. The highest BCUT2D eigenvalue weighted by Crippen LogP contribution is 2.06. The normalized spacial score (nSPS) is 13.4. The number of nitrogens with two attached hydrogens (primary N) is 1. The molecule has 0 aromatic carbocycles. The lowest BCUT2D eigenvalue weighted by Crippen LogP contribution is -2.38. The summed E-state index contributed by atoms with van der Waals surface area (Å²) < 4.78 is 1.69. The molecule has 1 atom stereocenters. The van der Waals surface area contributed by atoms with Crippen LogP contribution in [0.15, 0.2) is 11.4 Å². The summed E-state index contributed by atoms with van der Waals surface area (Å²) in [5.41, 5.74) is 7.27. The van der Waals surface area contributed by atoms with E-state index in [1.165, 1.54) is 0 Å². The molecule has 1 heterocycles. The van der Waals surface area contributed by atoms with Gasteiger partial charge < -0.3 is 16.3 Å². The summed E-state index contributed by atoms with van der Waals surface area (Å²) in [6.07, 6.45) is 2.33. The van der Waals surface area contributed by atoms with Crippen molar-refractivity contribution in [3.8, 4) is 0 Å². The van der Waals surface area contributed by atoms with Gasteiger partial charge in [-0.3, -0.25) is 9.48 Å². The fraction of sp³-hybridized carbons (Fsp3) is 0.545. The maximum atomic E-state index is 11.9. The maximum Gasteiger partial charge on any atom is 0.231 e. The summed E-state index contributed by atoms with van der Waals surface area (Å²) in [7, 11) is 1.82. The Hall–Kier alpha value is -2.05. The van der Waals surface area contributed by atoms with Gasteiger partial charge in [0.05, 0.1) is 11.6 Å². The van der Waals surface area contributed by atoms with Crippen LogP contribution in [0.1, 0.15) is 24.6 Å². The van der Waals surface area contributed by atoms with E-state index in [4.69, 9.17) is 10.9 Å². The second kappa shape index (κ2) is 6.04. The molecule has 0 saturated heterocycles. The third-order valence-electron chi connectivity index (χ3n) is 2.77. The van der Waals surface area contributed by atoms with Crippen LogP contribution in [-0.4, -0.2) is 26.7 Å². The zero-order valence-electron chi connectivity index (χ0n) is 10.8. The molecule has 100 valence electrons. The van der Waals surface area contributed by atoms with E-state index in [1.807, 2.05) is 20.2 Å². The smallest absolute Gasteiger partial charge is 0.231 e. The van der Waals surface area contributed by atoms with Crippen LogP contribution in [-0.2, 0) is 18.4 Å². The number of aromatic nitrogens is 2. The van der Waals surface area contributed by atoms with Crippen LogP contribution in [0.4, 0.5) is 0 Å². The quantitative estimate of drug-likeness (QED) is 0.300. The summed E-state index contributed by atoms with van der Waals surface area (Å²) in [5.74, 6) is -0.930. The summed E-state index contributed by atoms with van der Waals surface area (Å²) >= 11 is 0. The van der Waals surface area contributed by atoms with Crippen LogP contribution in [0.25, 0.3) is 0 Å². The number of aryl methyl sites for hydroxylation is 2. The van der Waals surface area contributed by atoms with Crippen LogP contribution in [0.3, 0.4) is 0 Å². The molecular formula is C11H19N5O2. The van der Waals surface area contributed by atoms with Crippen molar-refractivity contribution in [2.24, 2.45) is 23.9 Å². The van der Waals surface area contributed by atoms with Crippen LogP contribution in [0.5, 0.6) is 0 Å². The fourth-order valence-electron chi connectivity index (χ4n) is 1.73. The number of nitrogens with one attached hydrogen (secondary N) is 1. The van der Waals surface area contributed by atoms with E-state index in [2.05, 4.69) is 15.6 Å². The van der Waals surface area contributed by atoms with Gasteiger partial charge in [-0.1, -0.05) is 12.1 Å². The lowest BCUT2D eigenvalue weighted by molar-refractivity contribution is -0.123. The first-order chi connectivity index (χ1) is 8.49. The zero-order valence-corrected chi connectivity index (χ0v) is 10.8. The average Bonchev–Trinajstić information content (AvgIpc) is 2.65. The number of hydrogen-bond acceptors (Lipinski definition) is 4. The molecule has 0 saturated carbocycles. The van der Waals surface area contributed by atoms with Gasteiger partial charge in [0.2, 0.25) is 5.91 Å². The minimum absolute atomic E-state index is 0.0714. The third kappa shape index (κ3) is 3.22. The Morgan fingerprint density at radius 2 is 2.39 bits per heavy atom. The number of nitrogens with zero attached hydrogens (tertiary/aromatic N) is 3. The largest absolute Gasteiger partial charge is 0.409 e. The van der Waals surface area contributed by atoms with Crippen molar-refractivity contribution in [3.63, 3.8) is 0 Å². The molecule has 4 N–H and O–H groups in total. The molecule has 0 spiro atoms. The molecule has 18 heavy (non-hydrogen) atoms. The highest BCUT2D eigenvalue weighted by Gasteiger charge is 2.21. The van der Waals surface area contributed by atoms with Crippen LogP contribution in [0, 0.1) is 12.8 Å². The first-order valence-corrected chi connectivity index (χ1v) is 5.73. The molecule has 0 aliphatic heterocycles. The lowest BCUT2D eigenvalue weighted by Gasteiger charge is -2.13. The summed E-state index contributed by atoms with van der Waals surface area (Å²) in [4.78, 5) is 11.9. The highest BCUT2D eigenvalue weighted by molar-refractivity contribution is 6.01. The van der Waals surface area contributed by atoms with Gasteiger partial charge in [0, 0.05) is 25.4 Å². The molecule has 0 aliphatic carbocycles. The first-order valence-electron chi connectivity index (χ1n) is 5.73. The molecule has 0 aliphatic rings. The molecule has 1 rings (SSSR count). The van der Waals surface area contributed by atoms with Crippen molar-refractivity contribution < 1.29 is 10.0 Å². The van der Waals surface area contributed by atoms with E-state index in [1.54, 1.807) is 11.6 Å². The van der Waals surface area contributed by atoms with E-state index >= 15 is 0 Å². The molecule has 0 radical (unpaired) electrons. The van der Waals surface area contributed by atoms with Crippen LogP contribution < -0.4 is 11.1 Å². The zero-order chi connectivity index (χ0) is 13.7. The topological polar surface area (TPSA) is 106 Å². The van der Waals surface area contributed by atoms with E-state index in [0.717, 1.165) is 11.3 Å². The minimum Gasteiger partial charge on any atom is -0.409 e. The Kier molecular flexibility index (Phi) is 4.70. The summed E-state index contributed by atoms with van der Waals surface area (Å²) in [6, 6.07) is 0. The molecule has 0 fully saturated rings. The number of hydrogen-bond donors (Lipinski definition) is 3. The van der Waals surface area contributed by atoms with Crippen molar-refractivity contribution >= 4 is 11.7 Å². The van der Waals surface area contributed by atoms with Crippen molar-refractivity contribution in [3.05, 3.63) is 17.5 Å². The van der Waals surface area contributed by atoms with E-state index in [9.17, 15) is 4.79 Å². The summed E-state index contributed by atoms with van der Waals surface area (Å²) in [6.45, 7) is 4.06. The van der Waals surface area contributed by atoms with Gasteiger partial charge in [0.1, 0.15) is 0 Å². The lowest BCUT2D eigenvalue weighted by atomic mass is 10.0. The number of amides is 1. The Labute approximate surface area is 106 Å². The Morgan fingerprint density at radius 3 is 2.83 bits per heavy atom. The Morgan fingerprint density at radius 1 is 1.72 bits per heavy atom. The molecule has 7 heteroatoms. The molecule has 1 unspecified atom stereocenters. The number of amidine groups is 1. The SMILES string of the molecule is CCC(C(=O)NCc1cn(C)nc1C)C(N)=NO. The van der Waals surface area contributed by atoms with E-state index in [-0.39, 0.29) is 11.7 Å². The van der Waals surface area contributed by atoms with Gasteiger partial charge in [-0.25, -0.2) is 0 Å². The maximum absolute atomic E-state index is 11.9. The molecular weight excluding hydrogens is 234 g/mol. The Balaban J connectivity index is 2.63. The first kappa shape index (κ1) is 14.0. The second-order valence-corrected chi connectivity index (χ2v) is 4.12. The van der Waals surface area contributed by atoms with Gasteiger partial charge >= 0.3 is 0 Å². The number of carbonyl (C=O) groups excluding carboxylic acids is 1. The van der Waals surface area contributed by atoms with Crippen molar-refractivity contribution in [2.75, 3.05) is 0 Å². The number of carbonyl (C=O) groups is 1.